The maximum Gasteiger partial charge on any atom is 0.427 e. The highest BCUT2D eigenvalue weighted by molar-refractivity contribution is 7.49. The number of allylic oxidation sites excluding steroid dienone is 3. The zero-order chi connectivity index (χ0) is 18.1. The predicted molar refractivity (Wildman–Crippen MR) is 84.0 cm³/mol. The topological polar surface area (TPSA) is 144 Å². The molecule has 0 aromatic heterocycles. The standard InChI is InChI=1S/C15H16NO7P/c1-8(9-3-2-4-10(17)5-9)15(20)14-12(16-24(21,22)23)6-11(18)7-13(14)19/h2-8,14,17-18H,1H3,(H3,16,21,22,23). The lowest BCUT2D eigenvalue weighted by molar-refractivity contribution is -0.129. The van der Waals surface area contributed by atoms with Gasteiger partial charge in [-0.15, -0.1) is 0 Å². The molecule has 0 heterocycles. The van der Waals surface area contributed by atoms with Gasteiger partial charge < -0.3 is 20.0 Å². The number of hydrogen-bond donors (Lipinski definition) is 5. The maximum atomic E-state index is 12.7. The fourth-order valence-corrected chi connectivity index (χ4v) is 2.96. The molecule has 24 heavy (non-hydrogen) atoms. The Labute approximate surface area is 137 Å². The Morgan fingerprint density at radius 1 is 1.25 bits per heavy atom. The highest BCUT2D eigenvalue weighted by Gasteiger charge is 2.37. The normalized spacial score (nSPS) is 19.3. The lowest BCUT2D eigenvalue weighted by Crippen LogP contribution is -2.35. The van der Waals surface area contributed by atoms with Gasteiger partial charge in [0.2, 0.25) is 0 Å². The van der Waals surface area contributed by atoms with E-state index in [0.717, 1.165) is 12.2 Å². The lowest BCUT2D eigenvalue weighted by atomic mass is 9.82. The van der Waals surface area contributed by atoms with Crippen molar-refractivity contribution < 1.29 is 34.2 Å². The molecule has 0 bridgehead atoms. The summed E-state index contributed by atoms with van der Waals surface area (Å²) in [5, 5.41) is 20.8. The number of nitrogens with one attached hydrogen (secondary N) is 1. The SMILES string of the molecule is CC(C(=O)C1C(=O)C=C(O)C=C1NP(=O)(O)O)c1cccc(O)c1. The van der Waals surface area contributed by atoms with E-state index in [2.05, 4.69) is 0 Å². The summed E-state index contributed by atoms with van der Waals surface area (Å²) in [7, 11) is -4.78. The Kier molecular flexibility index (Phi) is 4.94. The Hall–Kier alpha value is -2.41. The lowest BCUT2D eigenvalue weighted by Gasteiger charge is -2.24. The molecule has 1 aromatic carbocycles. The molecule has 0 radical (unpaired) electrons. The fourth-order valence-electron chi connectivity index (χ4n) is 2.43. The van der Waals surface area contributed by atoms with E-state index in [-0.39, 0.29) is 11.4 Å². The third-order valence-electron chi connectivity index (χ3n) is 3.55. The van der Waals surface area contributed by atoms with Gasteiger partial charge in [-0.1, -0.05) is 19.1 Å². The molecule has 1 aliphatic rings. The highest BCUT2D eigenvalue weighted by atomic mass is 31.2. The van der Waals surface area contributed by atoms with E-state index in [9.17, 15) is 24.4 Å². The van der Waals surface area contributed by atoms with Crippen molar-refractivity contribution in [2.45, 2.75) is 12.8 Å². The van der Waals surface area contributed by atoms with Crippen LogP contribution in [0.5, 0.6) is 5.75 Å². The molecule has 128 valence electrons. The van der Waals surface area contributed by atoms with Gasteiger partial charge in [-0.3, -0.25) is 14.7 Å². The summed E-state index contributed by atoms with van der Waals surface area (Å²) in [4.78, 5) is 42.9. The molecule has 0 spiro atoms. The summed E-state index contributed by atoms with van der Waals surface area (Å²) in [6.45, 7) is 1.51. The zero-order valence-electron chi connectivity index (χ0n) is 12.6. The number of ketones is 2. The number of carbonyl (C=O) groups is 2. The van der Waals surface area contributed by atoms with E-state index in [1.54, 1.807) is 11.2 Å². The summed E-state index contributed by atoms with van der Waals surface area (Å²) >= 11 is 0. The van der Waals surface area contributed by atoms with Crippen LogP contribution in [0, 0.1) is 5.92 Å². The van der Waals surface area contributed by atoms with Gasteiger partial charge >= 0.3 is 7.75 Å². The van der Waals surface area contributed by atoms with Crippen LogP contribution in [-0.2, 0) is 14.2 Å². The Morgan fingerprint density at radius 3 is 2.50 bits per heavy atom. The number of phenols is 1. The van der Waals surface area contributed by atoms with E-state index >= 15 is 0 Å². The van der Waals surface area contributed by atoms with Gasteiger partial charge in [0.1, 0.15) is 17.4 Å². The van der Waals surface area contributed by atoms with Crippen LogP contribution in [0.2, 0.25) is 0 Å². The number of aliphatic hydroxyl groups is 1. The molecule has 0 saturated heterocycles. The van der Waals surface area contributed by atoms with Gasteiger partial charge in [0.15, 0.2) is 11.6 Å². The number of hydrogen-bond acceptors (Lipinski definition) is 5. The Bertz CT molecular complexity index is 793. The van der Waals surface area contributed by atoms with Crippen LogP contribution >= 0.6 is 7.75 Å². The summed E-state index contributed by atoms with van der Waals surface area (Å²) in [6, 6.07) is 5.91. The molecule has 2 rings (SSSR count). The minimum atomic E-state index is -4.78. The number of benzene rings is 1. The van der Waals surface area contributed by atoms with Crippen molar-refractivity contribution in [2.24, 2.45) is 5.92 Å². The van der Waals surface area contributed by atoms with Crippen molar-refractivity contribution in [3.8, 4) is 5.75 Å². The minimum Gasteiger partial charge on any atom is -0.508 e. The number of aliphatic hydroxyl groups excluding tert-OH is 1. The first-order valence-corrected chi connectivity index (χ1v) is 8.52. The summed E-state index contributed by atoms with van der Waals surface area (Å²) in [6.07, 6.45) is 1.75. The monoisotopic (exact) mass is 353 g/mol. The quantitative estimate of drug-likeness (QED) is 0.393. The van der Waals surface area contributed by atoms with E-state index in [4.69, 9.17) is 9.79 Å². The van der Waals surface area contributed by atoms with Crippen LogP contribution < -0.4 is 5.09 Å². The molecular formula is C15H16NO7P. The first-order chi connectivity index (χ1) is 11.1. The zero-order valence-corrected chi connectivity index (χ0v) is 13.5. The van der Waals surface area contributed by atoms with Gasteiger partial charge in [-0.25, -0.2) is 4.57 Å². The number of carbonyl (C=O) groups excluding carboxylic acids is 2. The molecule has 2 atom stereocenters. The highest BCUT2D eigenvalue weighted by Crippen LogP contribution is 2.36. The summed E-state index contributed by atoms with van der Waals surface area (Å²) in [5.74, 6) is -4.27. The van der Waals surface area contributed by atoms with Gasteiger partial charge in [0.05, 0.1) is 0 Å². The van der Waals surface area contributed by atoms with E-state index in [1.807, 2.05) is 0 Å². The second-order valence-corrected chi connectivity index (χ2v) is 6.69. The molecule has 0 fully saturated rings. The third-order valence-corrected chi connectivity index (χ3v) is 4.09. The van der Waals surface area contributed by atoms with E-state index < -0.39 is 36.9 Å². The van der Waals surface area contributed by atoms with Gasteiger partial charge in [0, 0.05) is 23.8 Å². The average Bonchev–Trinajstić information content (AvgIpc) is 2.43. The van der Waals surface area contributed by atoms with Crippen molar-refractivity contribution in [1.82, 2.24) is 5.09 Å². The molecule has 2 unspecified atom stereocenters. The molecule has 0 saturated carbocycles. The van der Waals surface area contributed by atoms with Crippen molar-refractivity contribution in [3.63, 3.8) is 0 Å². The van der Waals surface area contributed by atoms with Crippen molar-refractivity contribution >= 4 is 19.3 Å². The molecule has 0 amide bonds. The van der Waals surface area contributed by atoms with Crippen LogP contribution in [0.3, 0.4) is 0 Å². The van der Waals surface area contributed by atoms with Crippen LogP contribution in [0.15, 0.2) is 47.9 Å². The van der Waals surface area contributed by atoms with Crippen LogP contribution in [0.1, 0.15) is 18.4 Å². The second kappa shape index (κ2) is 6.60. The smallest absolute Gasteiger partial charge is 0.427 e. The van der Waals surface area contributed by atoms with Gasteiger partial charge in [0.25, 0.3) is 0 Å². The first-order valence-electron chi connectivity index (χ1n) is 6.91. The average molecular weight is 353 g/mol. The number of rotatable bonds is 5. The number of Topliss-reactive ketones (excluding diaryl/α,β-unsaturated/α-hetero) is 1. The molecule has 9 heteroatoms. The van der Waals surface area contributed by atoms with E-state index in [1.165, 1.54) is 25.1 Å². The molecule has 1 aliphatic carbocycles. The number of aromatic hydroxyl groups is 1. The Balaban J connectivity index is 2.36. The third kappa shape index (κ3) is 4.11. The fraction of sp³-hybridized carbons (Fsp3) is 0.200. The van der Waals surface area contributed by atoms with Gasteiger partial charge in [-0.2, -0.15) is 0 Å². The van der Waals surface area contributed by atoms with Crippen molar-refractivity contribution in [3.05, 3.63) is 53.4 Å². The van der Waals surface area contributed by atoms with Crippen molar-refractivity contribution in [2.75, 3.05) is 0 Å². The number of phenolic OH excluding ortho intramolecular Hbond substituents is 1. The van der Waals surface area contributed by atoms with Gasteiger partial charge in [-0.05, 0) is 17.7 Å². The molecular weight excluding hydrogens is 337 g/mol. The van der Waals surface area contributed by atoms with E-state index in [0.29, 0.717) is 5.56 Å². The maximum absolute atomic E-state index is 12.7. The minimum absolute atomic E-state index is 0.0521. The molecule has 5 N–H and O–H groups in total. The summed E-state index contributed by atoms with van der Waals surface area (Å²) < 4.78 is 11.2. The molecule has 1 aromatic rings. The molecule has 0 aliphatic heterocycles. The second-order valence-electron chi connectivity index (χ2n) is 5.38. The summed E-state index contributed by atoms with van der Waals surface area (Å²) in [5.41, 5.74) is 0.0763. The van der Waals surface area contributed by atoms with Crippen LogP contribution in [0.25, 0.3) is 0 Å². The van der Waals surface area contributed by atoms with Crippen LogP contribution in [-0.4, -0.2) is 31.6 Å². The predicted octanol–water partition coefficient (Wildman–Crippen LogP) is 1.27. The van der Waals surface area contributed by atoms with Crippen molar-refractivity contribution in [1.29, 1.82) is 0 Å². The van der Waals surface area contributed by atoms with Crippen LogP contribution in [0.4, 0.5) is 0 Å². The largest absolute Gasteiger partial charge is 0.508 e. The molecule has 8 nitrogen and oxygen atoms in total. The first kappa shape index (κ1) is 17.9. The Morgan fingerprint density at radius 2 is 1.92 bits per heavy atom.